The molecule has 1 saturated heterocycles. The van der Waals surface area contributed by atoms with Gasteiger partial charge in [-0.05, 0) is 24.6 Å². The Balaban J connectivity index is 1.41. The van der Waals surface area contributed by atoms with Crippen molar-refractivity contribution in [3.05, 3.63) is 54.3 Å². The second kappa shape index (κ2) is 9.96. The molecule has 1 saturated carbocycles. The van der Waals surface area contributed by atoms with E-state index in [1.807, 2.05) is 18.2 Å². The average Bonchev–Trinajstić information content (AvgIpc) is 3.01. The maximum atomic E-state index is 12.1. The number of hydrogen-bond acceptors (Lipinski definition) is 11. The van der Waals surface area contributed by atoms with Crippen molar-refractivity contribution in [1.82, 2.24) is 0 Å². The van der Waals surface area contributed by atoms with Crippen molar-refractivity contribution in [2.75, 3.05) is 6.61 Å². The molecule has 2 aliphatic heterocycles. The minimum absolute atomic E-state index is 0.160. The topological polar surface area (TPSA) is 175 Å². The lowest BCUT2D eigenvalue weighted by Crippen LogP contribution is -2.62. The quantitative estimate of drug-likeness (QED) is 0.207. The highest BCUT2D eigenvalue weighted by molar-refractivity contribution is 5.87. The predicted octanol–water partition coefficient (Wildman–Crippen LogP) is -1.20. The van der Waals surface area contributed by atoms with E-state index in [2.05, 4.69) is 0 Å². The minimum Gasteiger partial charge on any atom is -0.472 e. The molecule has 0 bridgehead atoms. The van der Waals surface area contributed by atoms with Gasteiger partial charge in [0.2, 0.25) is 6.29 Å². The van der Waals surface area contributed by atoms with Crippen molar-refractivity contribution in [3.8, 4) is 0 Å². The zero-order valence-corrected chi connectivity index (χ0v) is 19.0. The molecule has 0 aromatic heterocycles. The first kappa shape index (κ1) is 25.7. The molecule has 1 aromatic rings. The Morgan fingerprint density at radius 1 is 1.09 bits per heavy atom. The van der Waals surface area contributed by atoms with Crippen LogP contribution in [0.3, 0.4) is 0 Å². The van der Waals surface area contributed by atoms with Crippen LogP contribution in [0.25, 0.3) is 6.08 Å². The van der Waals surface area contributed by atoms with Gasteiger partial charge in [-0.25, -0.2) is 4.79 Å². The van der Waals surface area contributed by atoms with E-state index in [1.54, 1.807) is 18.2 Å². The summed E-state index contributed by atoms with van der Waals surface area (Å²) >= 11 is 0. The fraction of sp³-hybridized carbons (Fsp3) is 0.542. The molecule has 1 aliphatic carbocycles. The summed E-state index contributed by atoms with van der Waals surface area (Å²) in [5, 5.41) is 62.9. The Morgan fingerprint density at radius 2 is 1.80 bits per heavy atom. The Bertz CT molecular complexity index is 948. The number of rotatable bonds is 6. The van der Waals surface area contributed by atoms with Crippen LogP contribution < -0.4 is 0 Å². The smallest absolute Gasteiger partial charge is 0.330 e. The summed E-state index contributed by atoms with van der Waals surface area (Å²) < 4.78 is 21.7. The van der Waals surface area contributed by atoms with Crippen molar-refractivity contribution >= 4 is 12.0 Å². The second-order valence-electron chi connectivity index (χ2n) is 9.27. The fourth-order valence-electron chi connectivity index (χ4n) is 4.77. The van der Waals surface area contributed by atoms with E-state index in [9.17, 15) is 35.4 Å². The number of carbonyl (C=O) groups is 1. The number of hydrogen-bond donors (Lipinski definition) is 6. The van der Waals surface area contributed by atoms with E-state index in [1.165, 1.54) is 19.1 Å². The third-order valence-corrected chi connectivity index (χ3v) is 6.67. The molecule has 0 unspecified atom stereocenters. The van der Waals surface area contributed by atoms with E-state index in [0.29, 0.717) is 0 Å². The molecule has 0 spiro atoms. The van der Waals surface area contributed by atoms with Crippen LogP contribution >= 0.6 is 0 Å². The molecular formula is C24H30O11. The molecule has 2 fully saturated rings. The average molecular weight is 494 g/mol. The summed E-state index contributed by atoms with van der Waals surface area (Å²) in [5.74, 6) is -1.88. The number of fused-ring (bicyclic) bond motifs is 1. The first-order valence-electron chi connectivity index (χ1n) is 11.2. The normalized spacial score (nSPS) is 43.1. The molecule has 6 N–H and O–H groups in total. The van der Waals surface area contributed by atoms with E-state index in [0.717, 1.165) is 11.8 Å². The van der Waals surface area contributed by atoms with Gasteiger partial charge in [0, 0.05) is 12.5 Å². The van der Waals surface area contributed by atoms with Gasteiger partial charge in [-0.3, -0.25) is 0 Å². The summed E-state index contributed by atoms with van der Waals surface area (Å²) in [5.41, 5.74) is -2.68. The van der Waals surface area contributed by atoms with Gasteiger partial charge in [0.25, 0.3) is 0 Å². The van der Waals surface area contributed by atoms with Crippen LogP contribution in [0.1, 0.15) is 18.9 Å². The van der Waals surface area contributed by atoms with Gasteiger partial charge < -0.3 is 49.6 Å². The Labute approximate surface area is 201 Å². The van der Waals surface area contributed by atoms with Crippen molar-refractivity contribution in [3.63, 3.8) is 0 Å². The number of benzene rings is 1. The first-order chi connectivity index (χ1) is 16.5. The lowest BCUT2D eigenvalue weighted by Gasteiger charge is -2.45. The minimum atomic E-state index is -1.86. The molecular weight excluding hydrogens is 464 g/mol. The zero-order valence-electron chi connectivity index (χ0n) is 19.0. The van der Waals surface area contributed by atoms with E-state index in [-0.39, 0.29) is 6.42 Å². The summed E-state index contributed by atoms with van der Waals surface area (Å²) in [6.45, 7) is 0.942. The highest BCUT2D eigenvalue weighted by atomic mass is 16.8. The molecule has 11 heteroatoms. The Morgan fingerprint density at radius 3 is 2.51 bits per heavy atom. The molecule has 3 aliphatic rings. The summed E-state index contributed by atoms with van der Waals surface area (Å²) in [7, 11) is 0. The third-order valence-electron chi connectivity index (χ3n) is 6.67. The standard InChI is InChI=1S/C24H30O11/c1-23(30)11-15(25)24(31)9-10-32-22(20(23)24)35-21-19(29)18(28)17(27)14(34-21)12-33-16(26)8-7-13-5-3-2-4-6-13/h2-10,14-15,17-22,25,27-31H,11-12H2,1H3/b8-7+/t14-,15+,17-,18+,19-,20+,21+,22-,23+,24-/m0/s1. The monoisotopic (exact) mass is 494 g/mol. The maximum absolute atomic E-state index is 12.1. The van der Waals surface area contributed by atoms with Gasteiger partial charge >= 0.3 is 5.97 Å². The molecule has 10 atom stereocenters. The van der Waals surface area contributed by atoms with E-state index >= 15 is 0 Å². The van der Waals surface area contributed by atoms with E-state index < -0.39 is 72.8 Å². The lowest BCUT2D eigenvalue weighted by molar-refractivity contribution is -0.351. The second-order valence-corrected chi connectivity index (χ2v) is 9.27. The number of aliphatic hydroxyl groups excluding tert-OH is 4. The van der Waals surface area contributed by atoms with Gasteiger partial charge in [-0.2, -0.15) is 0 Å². The molecule has 0 amide bonds. The highest BCUT2D eigenvalue weighted by Crippen LogP contribution is 2.49. The van der Waals surface area contributed by atoms with Gasteiger partial charge in [0.05, 0.1) is 23.9 Å². The predicted molar refractivity (Wildman–Crippen MR) is 118 cm³/mol. The number of carbonyl (C=O) groups excluding carboxylic acids is 1. The molecule has 4 rings (SSSR count). The van der Waals surface area contributed by atoms with Crippen molar-refractivity contribution in [2.45, 2.75) is 67.6 Å². The SMILES string of the molecule is C[C@@]1(O)C[C@@H](O)[C@@]2(O)C=CO[C@@H](O[C@H]3O[C@@H](COC(=O)/C=C/c4ccccc4)[C@H](O)[C@@H](O)[C@@H]3O)[C@@H]21. The van der Waals surface area contributed by atoms with Crippen LogP contribution in [0.15, 0.2) is 48.7 Å². The van der Waals surface area contributed by atoms with Crippen molar-refractivity contribution in [2.24, 2.45) is 5.92 Å². The molecule has 192 valence electrons. The Kier molecular flexibility index (Phi) is 7.32. The molecule has 2 heterocycles. The van der Waals surface area contributed by atoms with Crippen LogP contribution in [0.4, 0.5) is 0 Å². The fourth-order valence-corrected chi connectivity index (χ4v) is 4.77. The number of esters is 1. The van der Waals surface area contributed by atoms with Gasteiger partial charge in [0.1, 0.15) is 36.6 Å². The molecule has 1 aromatic carbocycles. The van der Waals surface area contributed by atoms with Gasteiger partial charge in [0.15, 0.2) is 6.29 Å². The number of ether oxygens (including phenoxy) is 4. The molecule has 11 nitrogen and oxygen atoms in total. The summed E-state index contributed by atoms with van der Waals surface area (Å²) in [6.07, 6.45) is -5.67. The van der Waals surface area contributed by atoms with Crippen LogP contribution in [-0.2, 0) is 23.7 Å². The maximum Gasteiger partial charge on any atom is 0.330 e. The highest BCUT2D eigenvalue weighted by Gasteiger charge is 2.64. The lowest BCUT2D eigenvalue weighted by atomic mass is 9.81. The van der Waals surface area contributed by atoms with Crippen LogP contribution in [-0.4, -0.2) is 97.5 Å². The summed E-state index contributed by atoms with van der Waals surface area (Å²) in [6, 6.07) is 9.04. The third kappa shape index (κ3) is 5.13. The van der Waals surface area contributed by atoms with E-state index in [4.69, 9.17) is 18.9 Å². The molecule has 35 heavy (non-hydrogen) atoms. The number of aliphatic hydroxyl groups is 6. The first-order valence-corrected chi connectivity index (χ1v) is 11.2. The van der Waals surface area contributed by atoms with Crippen molar-refractivity contribution in [1.29, 1.82) is 0 Å². The van der Waals surface area contributed by atoms with Crippen molar-refractivity contribution < 1.29 is 54.4 Å². The van der Waals surface area contributed by atoms with Crippen LogP contribution in [0.5, 0.6) is 0 Å². The largest absolute Gasteiger partial charge is 0.472 e. The van der Waals surface area contributed by atoms with Crippen LogP contribution in [0, 0.1) is 5.92 Å². The Hall–Kier alpha value is -2.35. The summed E-state index contributed by atoms with van der Waals surface area (Å²) in [4.78, 5) is 12.1. The van der Waals surface area contributed by atoms with Gasteiger partial charge in [-0.15, -0.1) is 0 Å². The van der Waals surface area contributed by atoms with Gasteiger partial charge in [-0.1, -0.05) is 30.3 Å². The zero-order chi connectivity index (χ0) is 25.4. The molecule has 0 radical (unpaired) electrons. The van der Waals surface area contributed by atoms with Crippen LogP contribution in [0.2, 0.25) is 0 Å².